The fourth-order valence-electron chi connectivity index (χ4n) is 3.71. The van der Waals surface area contributed by atoms with Gasteiger partial charge in [-0.05, 0) is 37.5 Å². The summed E-state index contributed by atoms with van der Waals surface area (Å²) in [5, 5.41) is 4.08. The number of rotatable bonds is 9. The maximum Gasteiger partial charge on any atom is 0.228 e. The molecule has 0 radical (unpaired) electrons. The van der Waals surface area contributed by atoms with E-state index in [1.165, 1.54) is 0 Å². The second-order valence-corrected chi connectivity index (χ2v) is 7.14. The molecule has 0 bridgehead atoms. The summed E-state index contributed by atoms with van der Waals surface area (Å²) < 4.78 is 16.0. The Morgan fingerprint density at radius 2 is 1.93 bits per heavy atom. The summed E-state index contributed by atoms with van der Waals surface area (Å²) >= 11 is 0. The van der Waals surface area contributed by atoms with Crippen LogP contribution in [0.3, 0.4) is 0 Å². The summed E-state index contributed by atoms with van der Waals surface area (Å²) in [5.41, 5.74) is 0.792. The van der Waals surface area contributed by atoms with Crippen molar-refractivity contribution in [3.05, 3.63) is 24.1 Å². The van der Waals surface area contributed by atoms with E-state index in [1.54, 1.807) is 14.2 Å². The Labute approximate surface area is 166 Å². The zero-order valence-corrected chi connectivity index (χ0v) is 16.9. The molecule has 152 valence electrons. The smallest absolute Gasteiger partial charge is 0.228 e. The molecule has 0 spiro atoms. The van der Waals surface area contributed by atoms with E-state index in [2.05, 4.69) is 17.1 Å². The van der Waals surface area contributed by atoms with E-state index >= 15 is 0 Å². The number of carbonyl (C=O) groups is 1. The second kappa shape index (κ2) is 9.57. The van der Waals surface area contributed by atoms with Crippen molar-refractivity contribution in [3.63, 3.8) is 0 Å². The number of benzene rings is 1. The lowest BCUT2D eigenvalue weighted by Crippen LogP contribution is -2.37. The third-order valence-electron chi connectivity index (χ3n) is 5.22. The predicted molar refractivity (Wildman–Crippen MR) is 105 cm³/mol. The van der Waals surface area contributed by atoms with Gasteiger partial charge < -0.3 is 18.9 Å². The SMILES string of the molecule is CCCN(CCc1nc(-c2ccc(OC)c(OC)c2)no1)C(=O)C1CCCC1. The fraction of sp³-hybridized carbons (Fsp3) is 0.571. The Hall–Kier alpha value is -2.57. The van der Waals surface area contributed by atoms with Gasteiger partial charge in [-0.3, -0.25) is 4.79 Å². The molecule has 1 saturated carbocycles. The lowest BCUT2D eigenvalue weighted by molar-refractivity contribution is -0.135. The van der Waals surface area contributed by atoms with E-state index in [-0.39, 0.29) is 11.8 Å². The number of amides is 1. The van der Waals surface area contributed by atoms with E-state index < -0.39 is 0 Å². The monoisotopic (exact) mass is 387 g/mol. The Kier molecular flexibility index (Phi) is 6.90. The molecule has 1 amide bonds. The number of hydrogen-bond acceptors (Lipinski definition) is 6. The number of aromatic nitrogens is 2. The maximum atomic E-state index is 12.7. The average molecular weight is 387 g/mol. The molecule has 28 heavy (non-hydrogen) atoms. The molecule has 7 nitrogen and oxygen atoms in total. The number of hydrogen-bond donors (Lipinski definition) is 0. The third kappa shape index (κ3) is 4.64. The highest BCUT2D eigenvalue weighted by molar-refractivity contribution is 5.79. The number of ether oxygens (including phenoxy) is 2. The molecule has 0 aliphatic heterocycles. The van der Waals surface area contributed by atoms with E-state index in [0.717, 1.165) is 44.2 Å². The third-order valence-corrected chi connectivity index (χ3v) is 5.22. The first-order valence-electron chi connectivity index (χ1n) is 10.00. The first-order valence-corrected chi connectivity index (χ1v) is 10.00. The van der Waals surface area contributed by atoms with Crippen molar-refractivity contribution in [2.45, 2.75) is 45.4 Å². The summed E-state index contributed by atoms with van der Waals surface area (Å²) in [5.74, 6) is 2.76. The molecule has 3 rings (SSSR count). The zero-order valence-electron chi connectivity index (χ0n) is 16.9. The van der Waals surface area contributed by atoms with E-state index in [1.807, 2.05) is 23.1 Å². The molecule has 0 N–H and O–H groups in total. The van der Waals surface area contributed by atoms with E-state index in [9.17, 15) is 4.79 Å². The number of methoxy groups -OCH3 is 2. The Bertz CT molecular complexity index is 784. The molecule has 7 heteroatoms. The van der Waals surface area contributed by atoms with Crippen LogP contribution >= 0.6 is 0 Å². The van der Waals surface area contributed by atoms with Crippen LogP contribution in [0.15, 0.2) is 22.7 Å². The van der Waals surface area contributed by atoms with Gasteiger partial charge in [0.1, 0.15) is 0 Å². The van der Waals surface area contributed by atoms with Crippen LogP contribution in [0.5, 0.6) is 11.5 Å². The van der Waals surface area contributed by atoms with Crippen molar-refractivity contribution in [1.82, 2.24) is 15.0 Å². The molecule has 1 heterocycles. The molecular weight excluding hydrogens is 358 g/mol. The zero-order chi connectivity index (χ0) is 19.9. The Morgan fingerprint density at radius 3 is 2.61 bits per heavy atom. The van der Waals surface area contributed by atoms with Crippen LogP contribution in [-0.2, 0) is 11.2 Å². The predicted octanol–water partition coefficient (Wildman–Crippen LogP) is 3.73. The molecule has 1 aliphatic rings. The largest absolute Gasteiger partial charge is 0.493 e. The van der Waals surface area contributed by atoms with Crippen molar-refractivity contribution >= 4 is 5.91 Å². The highest BCUT2D eigenvalue weighted by Gasteiger charge is 2.27. The summed E-state index contributed by atoms with van der Waals surface area (Å²) in [6.45, 7) is 3.47. The quantitative estimate of drug-likeness (QED) is 0.652. The first-order chi connectivity index (χ1) is 13.7. The molecular formula is C21H29N3O4. The summed E-state index contributed by atoms with van der Waals surface area (Å²) in [6, 6.07) is 5.50. The Morgan fingerprint density at radius 1 is 1.18 bits per heavy atom. The molecule has 0 atom stereocenters. The average Bonchev–Trinajstić information content (AvgIpc) is 3.42. The molecule has 1 aromatic carbocycles. The number of nitrogens with zero attached hydrogens (tertiary/aromatic N) is 3. The van der Waals surface area contributed by atoms with Crippen LogP contribution in [0.4, 0.5) is 0 Å². The molecule has 2 aromatic rings. The van der Waals surface area contributed by atoms with Gasteiger partial charge in [-0.25, -0.2) is 0 Å². The lowest BCUT2D eigenvalue weighted by atomic mass is 10.1. The van der Waals surface area contributed by atoms with Crippen LogP contribution in [0.2, 0.25) is 0 Å². The molecule has 1 aromatic heterocycles. The van der Waals surface area contributed by atoms with Gasteiger partial charge in [-0.2, -0.15) is 4.98 Å². The van der Waals surface area contributed by atoms with Crippen LogP contribution < -0.4 is 9.47 Å². The molecule has 0 unspecified atom stereocenters. The highest BCUT2D eigenvalue weighted by Crippen LogP contribution is 2.31. The van der Waals surface area contributed by atoms with Crippen molar-refractivity contribution in [1.29, 1.82) is 0 Å². The van der Waals surface area contributed by atoms with Gasteiger partial charge in [0.2, 0.25) is 17.6 Å². The summed E-state index contributed by atoms with van der Waals surface area (Å²) in [6.07, 6.45) is 5.85. The number of carbonyl (C=O) groups excluding carboxylic acids is 1. The fourth-order valence-corrected chi connectivity index (χ4v) is 3.71. The normalized spacial score (nSPS) is 14.2. The standard InChI is InChI=1S/C21H29N3O4/c1-4-12-24(21(25)15-7-5-6-8-15)13-11-19-22-20(23-28-19)16-9-10-17(26-2)18(14-16)27-3/h9-10,14-15H,4-8,11-13H2,1-3H3. The van der Waals surface area contributed by atoms with E-state index in [4.69, 9.17) is 14.0 Å². The molecule has 0 saturated heterocycles. The van der Waals surface area contributed by atoms with Crippen LogP contribution in [-0.4, -0.2) is 48.3 Å². The summed E-state index contributed by atoms with van der Waals surface area (Å²) in [4.78, 5) is 19.2. The topological polar surface area (TPSA) is 77.7 Å². The van der Waals surface area contributed by atoms with Crippen molar-refractivity contribution in [2.75, 3.05) is 27.3 Å². The van der Waals surface area contributed by atoms with Crippen molar-refractivity contribution < 1.29 is 18.8 Å². The van der Waals surface area contributed by atoms with Gasteiger partial charge in [0.05, 0.1) is 14.2 Å². The first kappa shape index (κ1) is 20.2. The van der Waals surface area contributed by atoms with Gasteiger partial charge in [-0.15, -0.1) is 0 Å². The Balaban J connectivity index is 1.65. The van der Waals surface area contributed by atoms with Gasteiger partial charge in [0, 0.05) is 31.0 Å². The minimum absolute atomic E-state index is 0.191. The van der Waals surface area contributed by atoms with Gasteiger partial charge in [0.15, 0.2) is 11.5 Å². The van der Waals surface area contributed by atoms with Gasteiger partial charge in [-0.1, -0.05) is 24.9 Å². The van der Waals surface area contributed by atoms with Crippen molar-refractivity contribution in [2.24, 2.45) is 5.92 Å². The van der Waals surface area contributed by atoms with Gasteiger partial charge >= 0.3 is 0 Å². The lowest BCUT2D eigenvalue weighted by Gasteiger charge is -2.24. The molecule has 1 fully saturated rings. The van der Waals surface area contributed by atoms with Crippen LogP contribution in [0.25, 0.3) is 11.4 Å². The second-order valence-electron chi connectivity index (χ2n) is 7.14. The molecule has 1 aliphatic carbocycles. The van der Waals surface area contributed by atoms with Crippen LogP contribution in [0.1, 0.15) is 44.9 Å². The van der Waals surface area contributed by atoms with E-state index in [0.29, 0.717) is 36.2 Å². The minimum atomic E-state index is 0.191. The van der Waals surface area contributed by atoms with Crippen LogP contribution in [0, 0.1) is 5.92 Å². The minimum Gasteiger partial charge on any atom is -0.493 e. The maximum absolute atomic E-state index is 12.7. The van der Waals surface area contributed by atoms with Gasteiger partial charge in [0.25, 0.3) is 0 Å². The highest BCUT2D eigenvalue weighted by atomic mass is 16.5. The summed E-state index contributed by atoms with van der Waals surface area (Å²) in [7, 11) is 3.19. The van der Waals surface area contributed by atoms with Crippen molar-refractivity contribution in [3.8, 4) is 22.9 Å².